The second-order valence-corrected chi connectivity index (χ2v) is 4.66. The first-order valence-electron chi connectivity index (χ1n) is 7.03. The molecule has 0 unspecified atom stereocenters. The van der Waals surface area contributed by atoms with Crippen molar-refractivity contribution in [3.8, 4) is 5.75 Å². The maximum absolute atomic E-state index is 9.58. The monoisotopic (exact) mass is 278 g/mol. The number of aliphatic imine (C=N–C) groups is 1. The maximum Gasteiger partial charge on any atom is 0.194 e. The van der Waals surface area contributed by atoms with Crippen molar-refractivity contribution in [2.75, 3.05) is 32.8 Å². The fourth-order valence-corrected chi connectivity index (χ4v) is 2.11. The molecule has 110 valence electrons. The molecule has 2 heterocycles. The topological polar surface area (TPSA) is 70.0 Å². The summed E-state index contributed by atoms with van der Waals surface area (Å²) in [6, 6.07) is 3.72. The Bertz CT molecular complexity index is 424. The van der Waals surface area contributed by atoms with Crippen molar-refractivity contribution < 1.29 is 9.84 Å². The van der Waals surface area contributed by atoms with Crippen LogP contribution < -0.4 is 10.1 Å². The van der Waals surface area contributed by atoms with Crippen LogP contribution in [0.25, 0.3) is 0 Å². The first-order valence-corrected chi connectivity index (χ1v) is 7.03. The van der Waals surface area contributed by atoms with E-state index in [4.69, 9.17) is 4.74 Å². The van der Waals surface area contributed by atoms with E-state index in [1.165, 1.54) is 0 Å². The van der Waals surface area contributed by atoms with Gasteiger partial charge in [-0.15, -0.1) is 0 Å². The van der Waals surface area contributed by atoms with Crippen molar-refractivity contribution in [3.05, 3.63) is 24.5 Å². The van der Waals surface area contributed by atoms with Crippen molar-refractivity contribution in [2.45, 2.75) is 19.4 Å². The standard InChI is InChI=1S/C14H22N4O2/c1-2-16-14(18-8-5-12(19)11-18)17-7-9-20-13-4-3-6-15-10-13/h3-4,6,10,12,19H,2,5,7-9,11H2,1H3,(H,16,17)/t12-/m1/s1. The Hall–Kier alpha value is -1.82. The number of pyridine rings is 1. The lowest BCUT2D eigenvalue weighted by Gasteiger charge is -2.20. The summed E-state index contributed by atoms with van der Waals surface area (Å²) in [5, 5.41) is 12.8. The molecular formula is C14H22N4O2. The van der Waals surface area contributed by atoms with E-state index in [1.807, 2.05) is 19.1 Å². The molecule has 2 N–H and O–H groups in total. The highest BCUT2D eigenvalue weighted by atomic mass is 16.5. The Kier molecular flexibility index (Phi) is 5.61. The van der Waals surface area contributed by atoms with E-state index in [2.05, 4.69) is 20.2 Å². The van der Waals surface area contributed by atoms with Gasteiger partial charge in [-0.3, -0.25) is 4.98 Å². The summed E-state index contributed by atoms with van der Waals surface area (Å²) in [4.78, 5) is 10.6. The first kappa shape index (κ1) is 14.6. The normalized spacial score (nSPS) is 19.2. The zero-order valence-corrected chi connectivity index (χ0v) is 11.8. The van der Waals surface area contributed by atoms with E-state index in [0.29, 0.717) is 19.7 Å². The highest BCUT2D eigenvalue weighted by Gasteiger charge is 2.22. The third-order valence-electron chi connectivity index (χ3n) is 3.05. The third kappa shape index (κ3) is 4.38. The van der Waals surface area contributed by atoms with Gasteiger partial charge < -0.3 is 20.1 Å². The van der Waals surface area contributed by atoms with E-state index >= 15 is 0 Å². The molecule has 0 radical (unpaired) electrons. The van der Waals surface area contributed by atoms with Gasteiger partial charge >= 0.3 is 0 Å². The summed E-state index contributed by atoms with van der Waals surface area (Å²) in [5.74, 6) is 1.60. The van der Waals surface area contributed by atoms with Gasteiger partial charge in [0.05, 0.1) is 18.8 Å². The Morgan fingerprint density at radius 3 is 3.20 bits per heavy atom. The number of hydrogen-bond acceptors (Lipinski definition) is 4. The molecule has 0 saturated carbocycles. The summed E-state index contributed by atoms with van der Waals surface area (Å²) in [6.45, 7) is 5.43. The summed E-state index contributed by atoms with van der Waals surface area (Å²) >= 11 is 0. The number of aliphatic hydroxyl groups excluding tert-OH is 1. The smallest absolute Gasteiger partial charge is 0.194 e. The van der Waals surface area contributed by atoms with Crippen molar-refractivity contribution in [2.24, 2.45) is 4.99 Å². The van der Waals surface area contributed by atoms with Gasteiger partial charge in [-0.25, -0.2) is 4.99 Å². The number of aliphatic hydroxyl groups is 1. The number of rotatable bonds is 5. The molecule has 20 heavy (non-hydrogen) atoms. The zero-order chi connectivity index (χ0) is 14.2. The van der Waals surface area contributed by atoms with Gasteiger partial charge in [0.25, 0.3) is 0 Å². The fraction of sp³-hybridized carbons (Fsp3) is 0.571. The van der Waals surface area contributed by atoms with Crippen LogP contribution in [-0.2, 0) is 0 Å². The number of nitrogens with one attached hydrogen (secondary N) is 1. The van der Waals surface area contributed by atoms with E-state index in [0.717, 1.165) is 31.2 Å². The average Bonchev–Trinajstić information content (AvgIpc) is 2.90. The van der Waals surface area contributed by atoms with Crippen LogP contribution in [0.5, 0.6) is 5.75 Å². The summed E-state index contributed by atoms with van der Waals surface area (Å²) < 4.78 is 5.55. The van der Waals surface area contributed by atoms with Crippen LogP contribution in [-0.4, -0.2) is 59.8 Å². The van der Waals surface area contributed by atoms with Gasteiger partial charge in [-0.2, -0.15) is 0 Å². The van der Waals surface area contributed by atoms with Gasteiger partial charge in [0.2, 0.25) is 0 Å². The number of β-amino-alcohol motifs (C(OH)–C–C–N with tert-alkyl or cyclic N) is 1. The molecule has 1 atom stereocenters. The third-order valence-corrected chi connectivity index (χ3v) is 3.05. The highest BCUT2D eigenvalue weighted by molar-refractivity contribution is 5.80. The van der Waals surface area contributed by atoms with Gasteiger partial charge in [-0.1, -0.05) is 0 Å². The predicted octanol–water partition coefficient (Wildman–Crippen LogP) is 0.492. The molecule has 0 aromatic carbocycles. The fourth-order valence-electron chi connectivity index (χ4n) is 2.11. The van der Waals surface area contributed by atoms with Gasteiger partial charge in [0, 0.05) is 25.8 Å². The molecule has 0 amide bonds. The summed E-state index contributed by atoms with van der Waals surface area (Å²) in [6.07, 6.45) is 3.96. The number of hydrogen-bond donors (Lipinski definition) is 2. The molecular weight excluding hydrogens is 256 g/mol. The van der Waals surface area contributed by atoms with Crippen LogP contribution in [0.4, 0.5) is 0 Å². The minimum Gasteiger partial charge on any atom is -0.490 e. The Labute approximate surface area is 119 Å². The predicted molar refractivity (Wildman–Crippen MR) is 77.9 cm³/mol. The molecule has 0 spiro atoms. The van der Waals surface area contributed by atoms with E-state index in [-0.39, 0.29) is 6.10 Å². The van der Waals surface area contributed by atoms with Crippen LogP contribution >= 0.6 is 0 Å². The summed E-state index contributed by atoms with van der Waals surface area (Å²) in [7, 11) is 0. The molecule has 0 bridgehead atoms. The Balaban J connectivity index is 1.80. The molecule has 6 heteroatoms. The van der Waals surface area contributed by atoms with Gasteiger partial charge in [0.1, 0.15) is 12.4 Å². The molecule has 2 rings (SSSR count). The first-order chi connectivity index (χ1) is 9.79. The molecule has 1 aromatic rings. The SMILES string of the molecule is CCNC(=NCCOc1cccnc1)N1CC[C@@H](O)C1. The minimum absolute atomic E-state index is 0.245. The lowest BCUT2D eigenvalue weighted by molar-refractivity contribution is 0.187. The maximum atomic E-state index is 9.58. The van der Waals surface area contributed by atoms with Crippen molar-refractivity contribution in [1.29, 1.82) is 0 Å². The summed E-state index contributed by atoms with van der Waals surface area (Å²) in [5.41, 5.74) is 0. The quantitative estimate of drug-likeness (QED) is 0.466. The number of aromatic nitrogens is 1. The van der Waals surface area contributed by atoms with Gasteiger partial charge in [-0.05, 0) is 25.5 Å². The Morgan fingerprint density at radius 2 is 2.55 bits per heavy atom. The van der Waals surface area contributed by atoms with Crippen molar-refractivity contribution >= 4 is 5.96 Å². The minimum atomic E-state index is -0.245. The van der Waals surface area contributed by atoms with Crippen LogP contribution in [0, 0.1) is 0 Å². The molecule has 1 aliphatic heterocycles. The van der Waals surface area contributed by atoms with Crippen LogP contribution in [0.1, 0.15) is 13.3 Å². The number of ether oxygens (including phenoxy) is 1. The molecule has 1 fully saturated rings. The average molecular weight is 278 g/mol. The second-order valence-electron chi connectivity index (χ2n) is 4.66. The van der Waals surface area contributed by atoms with Crippen LogP contribution in [0.3, 0.4) is 0 Å². The van der Waals surface area contributed by atoms with E-state index in [9.17, 15) is 5.11 Å². The number of likely N-dealkylation sites (tertiary alicyclic amines) is 1. The Morgan fingerprint density at radius 1 is 1.65 bits per heavy atom. The molecule has 1 aromatic heterocycles. The number of nitrogens with zero attached hydrogens (tertiary/aromatic N) is 3. The molecule has 6 nitrogen and oxygen atoms in total. The van der Waals surface area contributed by atoms with Crippen molar-refractivity contribution in [1.82, 2.24) is 15.2 Å². The van der Waals surface area contributed by atoms with Crippen molar-refractivity contribution in [3.63, 3.8) is 0 Å². The van der Waals surface area contributed by atoms with E-state index in [1.54, 1.807) is 12.4 Å². The highest BCUT2D eigenvalue weighted by Crippen LogP contribution is 2.09. The molecule has 1 saturated heterocycles. The molecule has 1 aliphatic rings. The van der Waals surface area contributed by atoms with Crippen LogP contribution in [0.15, 0.2) is 29.5 Å². The van der Waals surface area contributed by atoms with Gasteiger partial charge in [0.15, 0.2) is 5.96 Å². The second kappa shape index (κ2) is 7.69. The lowest BCUT2D eigenvalue weighted by atomic mass is 10.3. The zero-order valence-electron chi connectivity index (χ0n) is 11.8. The van der Waals surface area contributed by atoms with Crippen LogP contribution in [0.2, 0.25) is 0 Å². The van der Waals surface area contributed by atoms with E-state index < -0.39 is 0 Å². The largest absolute Gasteiger partial charge is 0.490 e. The number of guanidine groups is 1. The molecule has 0 aliphatic carbocycles. The lowest BCUT2D eigenvalue weighted by Crippen LogP contribution is -2.40.